The topological polar surface area (TPSA) is 78.3 Å². The molecule has 4 rings (SSSR count). The van der Waals surface area contributed by atoms with E-state index in [1.807, 2.05) is 6.07 Å². The fourth-order valence-corrected chi connectivity index (χ4v) is 4.17. The number of hydrogen-bond acceptors (Lipinski definition) is 4. The lowest BCUT2D eigenvalue weighted by molar-refractivity contribution is -0.369. The van der Waals surface area contributed by atoms with Gasteiger partial charge in [0, 0.05) is 5.57 Å². The number of benzene rings is 2. The number of carbonyl (C=O) groups excluding carboxylic acids is 1. The highest BCUT2D eigenvalue weighted by atomic mass is 35.5. The average molecular weight is 391 g/mol. The number of amides is 1. The minimum atomic E-state index is -0.299. The SMILES string of the molecule is NC1=[NH+]C=C(c2cc(Cl)c3c(c2)NC(=O)CO3)C(c2ccc(F)cc2)S1. The molecule has 0 spiro atoms. The Kier molecular flexibility index (Phi) is 4.34. The number of halogens is 2. The van der Waals surface area contributed by atoms with Crippen LogP contribution in [-0.4, -0.2) is 17.7 Å². The molecule has 26 heavy (non-hydrogen) atoms. The van der Waals surface area contributed by atoms with Gasteiger partial charge in [-0.05, 0) is 47.2 Å². The summed E-state index contributed by atoms with van der Waals surface area (Å²) in [4.78, 5) is 14.6. The van der Waals surface area contributed by atoms with Gasteiger partial charge in [0.05, 0.1) is 22.2 Å². The second-order valence-electron chi connectivity index (χ2n) is 5.83. The van der Waals surface area contributed by atoms with Crippen LogP contribution in [-0.2, 0) is 4.79 Å². The van der Waals surface area contributed by atoms with E-state index in [1.54, 1.807) is 24.4 Å². The lowest BCUT2D eigenvalue weighted by Gasteiger charge is -2.24. The van der Waals surface area contributed by atoms with Crippen LogP contribution in [0.2, 0.25) is 5.02 Å². The first kappa shape index (κ1) is 16.9. The third kappa shape index (κ3) is 3.15. The predicted molar refractivity (Wildman–Crippen MR) is 100 cm³/mol. The van der Waals surface area contributed by atoms with Crippen molar-refractivity contribution < 1.29 is 18.9 Å². The molecule has 2 aliphatic rings. The van der Waals surface area contributed by atoms with Gasteiger partial charge in [-0.2, -0.15) is 0 Å². The second kappa shape index (κ2) is 6.66. The van der Waals surface area contributed by atoms with E-state index >= 15 is 0 Å². The number of amidine groups is 1. The van der Waals surface area contributed by atoms with Crippen LogP contribution in [0.3, 0.4) is 0 Å². The number of anilines is 1. The molecule has 2 aromatic carbocycles. The molecule has 0 aromatic heterocycles. The highest BCUT2D eigenvalue weighted by molar-refractivity contribution is 8.14. The van der Waals surface area contributed by atoms with Crippen LogP contribution in [0.25, 0.3) is 5.57 Å². The third-order valence-corrected chi connectivity index (χ3v) is 5.48. The number of carbonyl (C=O) groups is 1. The van der Waals surface area contributed by atoms with Gasteiger partial charge in [0.1, 0.15) is 5.82 Å². The van der Waals surface area contributed by atoms with Crippen LogP contribution in [0, 0.1) is 5.82 Å². The first-order valence-electron chi connectivity index (χ1n) is 7.79. The van der Waals surface area contributed by atoms with Gasteiger partial charge in [-0.3, -0.25) is 10.5 Å². The zero-order chi connectivity index (χ0) is 18.3. The molecule has 132 valence electrons. The number of ether oxygens (including phenoxy) is 1. The number of hydrogen-bond donors (Lipinski definition) is 3. The number of rotatable bonds is 2. The first-order chi connectivity index (χ1) is 12.5. The van der Waals surface area contributed by atoms with Crippen molar-refractivity contribution in [3.63, 3.8) is 0 Å². The Bertz CT molecular complexity index is 960. The summed E-state index contributed by atoms with van der Waals surface area (Å²) in [7, 11) is 0. The number of nitrogens with two attached hydrogens (primary N) is 1. The van der Waals surface area contributed by atoms with Crippen LogP contribution in [0.5, 0.6) is 5.75 Å². The van der Waals surface area contributed by atoms with E-state index in [-0.39, 0.29) is 23.6 Å². The predicted octanol–water partition coefficient (Wildman–Crippen LogP) is 2.03. The van der Waals surface area contributed by atoms with E-state index in [1.165, 1.54) is 23.9 Å². The molecule has 5 nitrogen and oxygen atoms in total. The number of fused-ring (bicyclic) bond motifs is 1. The molecule has 0 saturated carbocycles. The van der Waals surface area contributed by atoms with Gasteiger partial charge in [0.25, 0.3) is 5.91 Å². The van der Waals surface area contributed by atoms with Crippen LogP contribution < -0.4 is 20.8 Å². The van der Waals surface area contributed by atoms with Gasteiger partial charge in [0.2, 0.25) is 0 Å². The van der Waals surface area contributed by atoms with Crippen LogP contribution in [0.1, 0.15) is 16.4 Å². The molecule has 2 heterocycles. The smallest absolute Gasteiger partial charge is 0.307 e. The summed E-state index contributed by atoms with van der Waals surface area (Å²) in [6.45, 7) is -0.0597. The van der Waals surface area contributed by atoms with E-state index in [2.05, 4.69) is 10.3 Å². The summed E-state index contributed by atoms with van der Waals surface area (Å²) in [5.74, 6) is -0.0770. The molecule has 0 aliphatic carbocycles. The molecule has 0 bridgehead atoms. The fourth-order valence-electron chi connectivity index (χ4n) is 2.89. The highest BCUT2D eigenvalue weighted by Crippen LogP contribution is 2.45. The van der Waals surface area contributed by atoms with Gasteiger partial charge in [-0.1, -0.05) is 23.7 Å². The quantitative estimate of drug-likeness (QED) is 0.733. The van der Waals surface area contributed by atoms with Crippen molar-refractivity contribution >= 4 is 45.7 Å². The lowest BCUT2D eigenvalue weighted by atomic mass is 9.97. The summed E-state index contributed by atoms with van der Waals surface area (Å²) in [6.07, 6.45) is 1.80. The van der Waals surface area contributed by atoms with E-state index in [0.29, 0.717) is 21.6 Å². The van der Waals surface area contributed by atoms with Crippen LogP contribution in [0.15, 0.2) is 42.6 Å². The maximum Gasteiger partial charge on any atom is 0.307 e. The fraction of sp³-hybridized carbons (Fsp3) is 0.111. The number of nitrogens with one attached hydrogen (secondary N) is 2. The van der Waals surface area contributed by atoms with Gasteiger partial charge < -0.3 is 10.1 Å². The molecule has 2 aliphatic heterocycles. The largest absolute Gasteiger partial charge is 0.480 e. The Morgan fingerprint density at radius 2 is 2.08 bits per heavy atom. The third-order valence-electron chi connectivity index (χ3n) is 4.07. The molecule has 1 amide bonds. The molecule has 0 fully saturated rings. The summed E-state index contributed by atoms with van der Waals surface area (Å²) in [5, 5.41) is 3.57. The Labute approximate surface area is 158 Å². The Morgan fingerprint density at radius 3 is 2.85 bits per heavy atom. The maximum atomic E-state index is 13.3. The maximum absolute atomic E-state index is 13.3. The van der Waals surface area contributed by atoms with Crippen molar-refractivity contribution in [1.29, 1.82) is 0 Å². The summed E-state index contributed by atoms with van der Waals surface area (Å²) in [5.41, 5.74) is 9.08. The Balaban J connectivity index is 1.79. The molecular formula is C18H14ClFN3O2S+. The second-order valence-corrected chi connectivity index (χ2v) is 7.38. The minimum Gasteiger partial charge on any atom is -0.480 e. The van der Waals surface area contributed by atoms with Crippen molar-refractivity contribution in [2.45, 2.75) is 5.25 Å². The van der Waals surface area contributed by atoms with Gasteiger partial charge >= 0.3 is 5.17 Å². The van der Waals surface area contributed by atoms with Crippen molar-refractivity contribution in [2.75, 3.05) is 11.9 Å². The minimum absolute atomic E-state index is 0.0597. The van der Waals surface area contributed by atoms with Crippen LogP contribution >= 0.6 is 23.4 Å². The molecule has 8 heteroatoms. The van der Waals surface area contributed by atoms with Crippen molar-refractivity contribution in [2.24, 2.45) is 5.73 Å². The normalized spacial score (nSPS) is 19.0. The highest BCUT2D eigenvalue weighted by Gasteiger charge is 2.28. The molecule has 4 N–H and O–H groups in total. The van der Waals surface area contributed by atoms with E-state index in [9.17, 15) is 9.18 Å². The van der Waals surface area contributed by atoms with Crippen molar-refractivity contribution in [3.05, 3.63) is 64.6 Å². The summed E-state index contributed by atoms with van der Waals surface area (Å²) >= 11 is 7.77. The molecule has 0 saturated heterocycles. The lowest BCUT2D eigenvalue weighted by Crippen LogP contribution is -2.69. The van der Waals surface area contributed by atoms with Crippen LogP contribution in [0.4, 0.5) is 10.1 Å². The van der Waals surface area contributed by atoms with Crippen molar-refractivity contribution in [3.8, 4) is 5.75 Å². The zero-order valence-corrected chi connectivity index (χ0v) is 15.0. The van der Waals surface area contributed by atoms with Crippen molar-refractivity contribution in [1.82, 2.24) is 0 Å². The van der Waals surface area contributed by atoms with E-state index in [0.717, 1.165) is 16.7 Å². The monoisotopic (exact) mass is 390 g/mol. The van der Waals surface area contributed by atoms with Gasteiger partial charge in [0.15, 0.2) is 12.4 Å². The van der Waals surface area contributed by atoms with E-state index < -0.39 is 0 Å². The van der Waals surface area contributed by atoms with Gasteiger partial charge in [-0.25, -0.2) is 9.38 Å². The van der Waals surface area contributed by atoms with Gasteiger partial charge in [-0.15, -0.1) is 0 Å². The summed E-state index contributed by atoms with van der Waals surface area (Å²) in [6, 6.07) is 9.88. The summed E-state index contributed by atoms with van der Waals surface area (Å²) < 4.78 is 18.7. The zero-order valence-electron chi connectivity index (χ0n) is 13.4. The molecule has 1 unspecified atom stereocenters. The van der Waals surface area contributed by atoms with E-state index in [4.69, 9.17) is 22.1 Å². The molecule has 2 aromatic rings. The molecular weight excluding hydrogens is 377 g/mol. The first-order valence-corrected chi connectivity index (χ1v) is 9.05. The molecule has 1 atom stereocenters. The Hall–Kier alpha value is -2.51. The average Bonchev–Trinajstić information content (AvgIpc) is 2.62. The Morgan fingerprint density at radius 1 is 1.31 bits per heavy atom. The number of thioether (sulfide) groups is 1. The molecule has 0 radical (unpaired) electrons. The standard InChI is InChI=1S/C18H13ClFN3O2S/c19-13-5-10(6-14-16(13)25-8-15(24)23-14)12-7-22-18(21)26-17(12)9-1-3-11(20)4-2-9/h1-7,17H,8H2,(H2,21,22)(H,23,24)/p+1.